The van der Waals surface area contributed by atoms with Gasteiger partial charge >= 0.3 is 0 Å². The predicted molar refractivity (Wildman–Crippen MR) is 76.0 cm³/mol. The van der Waals surface area contributed by atoms with Crippen LogP contribution in [-0.4, -0.2) is 13.2 Å². The second kappa shape index (κ2) is 6.24. The molecular weight excluding hydrogens is 222 g/mol. The number of ether oxygens (including phenoxy) is 1. The fourth-order valence-electron chi connectivity index (χ4n) is 2.95. The summed E-state index contributed by atoms with van der Waals surface area (Å²) in [5.41, 5.74) is 2.56. The summed E-state index contributed by atoms with van der Waals surface area (Å²) in [5, 5.41) is 3.66. The second-order valence-electron chi connectivity index (χ2n) is 5.52. The molecule has 0 bridgehead atoms. The number of benzene rings is 1. The Kier molecular flexibility index (Phi) is 4.65. The molecule has 0 unspecified atom stereocenters. The summed E-state index contributed by atoms with van der Waals surface area (Å²) in [6.45, 7) is 5.39. The van der Waals surface area contributed by atoms with E-state index < -0.39 is 0 Å². The molecule has 1 saturated carbocycles. The summed E-state index contributed by atoms with van der Waals surface area (Å²) < 4.78 is 5.29. The van der Waals surface area contributed by atoms with Crippen LogP contribution in [-0.2, 0) is 6.54 Å². The summed E-state index contributed by atoms with van der Waals surface area (Å²) >= 11 is 0. The van der Waals surface area contributed by atoms with E-state index in [1.165, 1.54) is 36.8 Å². The van der Waals surface area contributed by atoms with Crippen molar-refractivity contribution in [1.29, 1.82) is 0 Å². The summed E-state index contributed by atoms with van der Waals surface area (Å²) in [6, 6.07) is 7.06. The van der Waals surface area contributed by atoms with E-state index in [4.69, 9.17) is 4.74 Å². The molecule has 2 nitrogen and oxygen atoms in total. The van der Waals surface area contributed by atoms with Gasteiger partial charge in [-0.15, -0.1) is 0 Å². The van der Waals surface area contributed by atoms with Gasteiger partial charge in [-0.05, 0) is 49.8 Å². The van der Waals surface area contributed by atoms with Crippen LogP contribution in [0.3, 0.4) is 0 Å². The molecule has 0 saturated heterocycles. The SMILES string of the molecule is COc1ccc(CN[C@H](C)C2CCCC2)cc1C. The number of hydrogen-bond donors (Lipinski definition) is 1. The molecule has 1 N–H and O–H groups in total. The Hall–Kier alpha value is -1.02. The third-order valence-electron chi connectivity index (χ3n) is 4.19. The average Bonchev–Trinajstić information content (AvgIpc) is 2.90. The van der Waals surface area contributed by atoms with E-state index in [0.717, 1.165) is 18.2 Å². The highest BCUT2D eigenvalue weighted by molar-refractivity contribution is 5.36. The van der Waals surface area contributed by atoms with Crippen molar-refractivity contribution >= 4 is 0 Å². The minimum Gasteiger partial charge on any atom is -0.496 e. The standard InChI is InChI=1S/C16H25NO/c1-12-10-14(8-9-16(12)18-3)11-17-13(2)15-6-4-5-7-15/h8-10,13,15,17H,4-7,11H2,1-3H3/t13-/m1/s1. The maximum absolute atomic E-state index is 5.29. The molecule has 0 radical (unpaired) electrons. The van der Waals surface area contributed by atoms with Gasteiger partial charge in [-0.3, -0.25) is 0 Å². The van der Waals surface area contributed by atoms with Crippen LogP contribution in [0, 0.1) is 12.8 Å². The summed E-state index contributed by atoms with van der Waals surface area (Å²) in [5.74, 6) is 1.85. The van der Waals surface area contributed by atoms with Crippen molar-refractivity contribution in [2.75, 3.05) is 7.11 Å². The van der Waals surface area contributed by atoms with Crippen LogP contribution >= 0.6 is 0 Å². The maximum atomic E-state index is 5.29. The number of nitrogens with one attached hydrogen (secondary N) is 1. The molecule has 100 valence electrons. The lowest BCUT2D eigenvalue weighted by atomic mass is 9.99. The minimum absolute atomic E-state index is 0.634. The molecule has 1 aliphatic carbocycles. The van der Waals surface area contributed by atoms with Crippen LogP contribution in [0.15, 0.2) is 18.2 Å². The minimum atomic E-state index is 0.634. The first kappa shape index (κ1) is 13.4. The molecule has 0 aromatic heterocycles. The van der Waals surface area contributed by atoms with E-state index >= 15 is 0 Å². The van der Waals surface area contributed by atoms with Gasteiger partial charge in [0.2, 0.25) is 0 Å². The quantitative estimate of drug-likeness (QED) is 0.857. The van der Waals surface area contributed by atoms with Gasteiger partial charge in [-0.25, -0.2) is 0 Å². The highest BCUT2D eigenvalue weighted by Gasteiger charge is 2.20. The molecule has 1 aromatic rings. The molecule has 0 heterocycles. The second-order valence-corrected chi connectivity index (χ2v) is 5.52. The van der Waals surface area contributed by atoms with Crippen LogP contribution in [0.5, 0.6) is 5.75 Å². The highest BCUT2D eigenvalue weighted by atomic mass is 16.5. The van der Waals surface area contributed by atoms with Crippen LogP contribution in [0.1, 0.15) is 43.7 Å². The molecule has 2 rings (SSSR count). The normalized spacial score (nSPS) is 17.9. The zero-order valence-electron chi connectivity index (χ0n) is 11.8. The van der Waals surface area contributed by atoms with Crippen molar-refractivity contribution in [2.24, 2.45) is 5.92 Å². The van der Waals surface area contributed by atoms with Crippen LogP contribution in [0.2, 0.25) is 0 Å². The third-order valence-corrected chi connectivity index (χ3v) is 4.19. The molecule has 1 aromatic carbocycles. The first-order chi connectivity index (χ1) is 8.70. The van der Waals surface area contributed by atoms with Gasteiger partial charge < -0.3 is 10.1 Å². The maximum Gasteiger partial charge on any atom is 0.121 e. The van der Waals surface area contributed by atoms with E-state index in [2.05, 4.69) is 37.4 Å². The topological polar surface area (TPSA) is 21.3 Å². The lowest BCUT2D eigenvalue weighted by molar-refractivity contribution is 0.380. The molecule has 0 spiro atoms. The van der Waals surface area contributed by atoms with Gasteiger partial charge in [0.05, 0.1) is 7.11 Å². The van der Waals surface area contributed by atoms with Gasteiger partial charge in [0.15, 0.2) is 0 Å². The number of methoxy groups -OCH3 is 1. The van der Waals surface area contributed by atoms with Gasteiger partial charge in [0.1, 0.15) is 5.75 Å². The summed E-state index contributed by atoms with van der Waals surface area (Å²) in [6.07, 6.45) is 5.63. The molecule has 18 heavy (non-hydrogen) atoms. The van der Waals surface area contributed by atoms with Crippen molar-refractivity contribution in [1.82, 2.24) is 5.32 Å². The first-order valence-corrected chi connectivity index (χ1v) is 7.07. The average molecular weight is 247 g/mol. The lowest BCUT2D eigenvalue weighted by Gasteiger charge is -2.20. The molecule has 1 atom stereocenters. The Bertz CT molecular complexity index is 383. The van der Waals surface area contributed by atoms with E-state index in [0.29, 0.717) is 6.04 Å². The van der Waals surface area contributed by atoms with E-state index in [9.17, 15) is 0 Å². The van der Waals surface area contributed by atoms with Crippen LogP contribution in [0.4, 0.5) is 0 Å². The Morgan fingerprint density at radius 1 is 1.33 bits per heavy atom. The van der Waals surface area contributed by atoms with Gasteiger partial charge in [-0.1, -0.05) is 25.0 Å². The van der Waals surface area contributed by atoms with Crippen LogP contribution < -0.4 is 10.1 Å². The first-order valence-electron chi connectivity index (χ1n) is 7.07. The van der Waals surface area contributed by atoms with Crippen molar-refractivity contribution < 1.29 is 4.74 Å². The smallest absolute Gasteiger partial charge is 0.121 e. The lowest BCUT2D eigenvalue weighted by Crippen LogP contribution is -2.31. The fourth-order valence-corrected chi connectivity index (χ4v) is 2.95. The van der Waals surface area contributed by atoms with E-state index in [1.54, 1.807) is 7.11 Å². The zero-order chi connectivity index (χ0) is 13.0. The van der Waals surface area contributed by atoms with Crippen molar-refractivity contribution in [3.05, 3.63) is 29.3 Å². The summed E-state index contributed by atoms with van der Waals surface area (Å²) in [7, 11) is 1.72. The molecule has 2 heteroatoms. The monoisotopic (exact) mass is 247 g/mol. The number of rotatable bonds is 5. The Balaban J connectivity index is 1.87. The fraction of sp³-hybridized carbons (Fsp3) is 0.625. The Morgan fingerprint density at radius 3 is 2.67 bits per heavy atom. The predicted octanol–water partition coefficient (Wildman–Crippen LogP) is 3.67. The third kappa shape index (κ3) is 3.26. The summed E-state index contributed by atoms with van der Waals surface area (Å²) in [4.78, 5) is 0. The molecular formula is C16H25NO. The highest BCUT2D eigenvalue weighted by Crippen LogP contribution is 2.27. The number of aryl methyl sites for hydroxylation is 1. The number of hydrogen-bond acceptors (Lipinski definition) is 2. The van der Waals surface area contributed by atoms with Crippen molar-refractivity contribution in [3.63, 3.8) is 0 Å². The van der Waals surface area contributed by atoms with E-state index in [1.807, 2.05) is 0 Å². The Morgan fingerprint density at radius 2 is 2.06 bits per heavy atom. The largest absolute Gasteiger partial charge is 0.496 e. The van der Waals surface area contributed by atoms with Gasteiger partial charge in [0, 0.05) is 12.6 Å². The molecule has 1 aliphatic rings. The van der Waals surface area contributed by atoms with Gasteiger partial charge in [-0.2, -0.15) is 0 Å². The van der Waals surface area contributed by atoms with Crippen LogP contribution in [0.25, 0.3) is 0 Å². The zero-order valence-corrected chi connectivity index (χ0v) is 11.8. The van der Waals surface area contributed by atoms with Gasteiger partial charge in [0.25, 0.3) is 0 Å². The molecule has 1 fully saturated rings. The van der Waals surface area contributed by atoms with E-state index in [-0.39, 0.29) is 0 Å². The van der Waals surface area contributed by atoms with Crippen molar-refractivity contribution in [2.45, 2.75) is 52.1 Å². The van der Waals surface area contributed by atoms with Crippen molar-refractivity contribution in [3.8, 4) is 5.75 Å². The molecule has 0 amide bonds. The Labute approximate surface area is 111 Å². The molecule has 0 aliphatic heterocycles.